The molecule has 0 fully saturated rings. The fourth-order valence-electron chi connectivity index (χ4n) is 0.599. The normalized spacial score (nSPS) is 15.1. The molecule has 0 aliphatic rings. The maximum Gasteiger partial charge on any atom is 0.180 e. The molecule has 0 aromatic carbocycles. The molecular formula is C7H16ClNO. The molecule has 0 saturated heterocycles. The highest BCUT2D eigenvalue weighted by atomic mass is 35.5. The van der Waals surface area contributed by atoms with E-state index in [9.17, 15) is 0 Å². The van der Waals surface area contributed by atoms with Crippen LogP contribution in [0.2, 0.25) is 0 Å². The Labute approximate surface area is 69.2 Å². The molecule has 0 saturated carbocycles. The SMILES string of the molecule is C=CC[N+](C)(CC)CO.[Cl-]. The van der Waals surface area contributed by atoms with Gasteiger partial charge >= 0.3 is 0 Å². The van der Waals surface area contributed by atoms with Gasteiger partial charge in [0.2, 0.25) is 0 Å². The monoisotopic (exact) mass is 165 g/mol. The molecule has 0 aliphatic carbocycles. The van der Waals surface area contributed by atoms with Gasteiger partial charge in [-0.3, -0.25) is 0 Å². The minimum Gasteiger partial charge on any atom is -1.00 e. The highest BCUT2D eigenvalue weighted by molar-refractivity contribution is 4.64. The second-order valence-electron chi connectivity index (χ2n) is 2.55. The molecule has 0 amide bonds. The minimum atomic E-state index is 0. The molecule has 0 aromatic rings. The molecule has 0 aromatic heterocycles. The second kappa shape index (κ2) is 5.71. The van der Waals surface area contributed by atoms with Crippen molar-refractivity contribution in [2.45, 2.75) is 6.92 Å². The van der Waals surface area contributed by atoms with E-state index in [1.165, 1.54) is 0 Å². The first-order valence-electron chi connectivity index (χ1n) is 3.24. The van der Waals surface area contributed by atoms with Crippen LogP contribution in [0.15, 0.2) is 12.7 Å². The van der Waals surface area contributed by atoms with Crippen molar-refractivity contribution in [1.29, 1.82) is 0 Å². The summed E-state index contributed by atoms with van der Waals surface area (Å²) in [6.45, 7) is 7.65. The van der Waals surface area contributed by atoms with Crippen LogP contribution < -0.4 is 12.4 Å². The third kappa shape index (κ3) is 3.88. The summed E-state index contributed by atoms with van der Waals surface area (Å²) in [4.78, 5) is 0. The van der Waals surface area contributed by atoms with E-state index in [1.807, 2.05) is 13.1 Å². The number of quaternary nitrogens is 1. The lowest BCUT2D eigenvalue weighted by atomic mass is 10.4. The summed E-state index contributed by atoms with van der Waals surface area (Å²) in [5, 5.41) is 8.84. The third-order valence-electron chi connectivity index (χ3n) is 1.67. The molecule has 1 unspecified atom stereocenters. The molecule has 0 spiro atoms. The first kappa shape index (κ1) is 12.6. The zero-order valence-electron chi connectivity index (χ0n) is 6.68. The Bertz CT molecular complexity index is 91.6. The van der Waals surface area contributed by atoms with Gasteiger partial charge in [0.1, 0.15) is 0 Å². The Morgan fingerprint density at radius 1 is 1.60 bits per heavy atom. The maximum atomic E-state index is 8.84. The molecule has 0 rings (SSSR count). The predicted octanol–water partition coefficient (Wildman–Crippen LogP) is -2.41. The van der Waals surface area contributed by atoms with Gasteiger partial charge in [-0.05, 0) is 13.0 Å². The van der Waals surface area contributed by atoms with Crippen LogP contribution >= 0.6 is 0 Å². The number of hydrogen-bond acceptors (Lipinski definition) is 1. The van der Waals surface area contributed by atoms with Gasteiger partial charge in [-0.1, -0.05) is 6.58 Å². The number of aliphatic hydroxyl groups is 1. The molecule has 1 atom stereocenters. The van der Waals surface area contributed by atoms with Crippen LogP contribution in [0.5, 0.6) is 0 Å². The largest absolute Gasteiger partial charge is 1.00 e. The lowest BCUT2D eigenvalue weighted by molar-refractivity contribution is -0.920. The smallest absolute Gasteiger partial charge is 0.180 e. The topological polar surface area (TPSA) is 20.2 Å². The number of nitrogens with zero attached hydrogens (tertiary/aromatic N) is 1. The minimum absolute atomic E-state index is 0. The quantitative estimate of drug-likeness (QED) is 0.280. The van der Waals surface area contributed by atoms with Crippen LogP contribution in [0.3, 0.4) is 0 Å². The van der Waals surface area contributed by atoms with Crippen LogP contribution in [0.25, 0.3) is 0 Å². The van der Waals surface area contributed by atoms with Crippen molar-refractivity contribution in [1.82, 2.24) is 0 Å². The molecule has 62 valence electrons. The van der Waals surface area contributed by atoms with Gasteiger partial charge in [-0.15, -0.1) is 0 Å². The van der Waals surface area contributed by atoms with E-state index < -0.39 is 0 Å². The van der Waals surface area contributed by atoms with Crippen LogP contribution in [0.4, 0.5) is 0 Å². The fourth-order valence-corrected chi connectivity index (χ4v) is 0.599. The summed E-state index contributed by atoms with van der Waals surface area (Å²) in [6.07, 6.45) is 1.83. The zero-order chi connectivity index (χ0) is 7.33. The fraction of sp³-hybridized carbons (Fsp3) is 0.714. The first-order chi connectivity index (χ1) is 4.18. The predicted molar refractivity (Wildman–Crippen MR) is 38.9 cm³/mol. The number of halogens is 1. The van der Waals surface area contributed by atoms with E-state index in [4.69, 9.17) is 5.11 Å². The number of hydrogen-bond donors (Lipinski definition) is 1. The molecule has 0 bridgehead atoms. The Morgan fingerprint density at radius 2 is 2.10 bits per heavy atom. The number of aliphatic hydroxyl groups excluding tert-OH is 1. The van der Waals surface area contributed by atoms with Crippen molar-refractivity contribution in [3.05, 3.63) is 12.7 Å². The van der Waals surface area contributed by atoms with Crippen molar-refractivity contribution < 1.29 is 22.0 Å². The maximum absolute atomic E-state index is 8.84. The molecule has 0 radical (unpaired) electrons. The summed E-state index contributed by atoms with van der Waals surface area (Å²) in [6, 6.07) is 0. The van der Waals surface area contributed by atoms with E-state index in [-0.39, 0.29) is 19.1 Å². The van der Waals surface area contributed by atoms with E-state index in [0.29, 0.717) is 4.48 Å². The molecule has 0 aliphatic heterocycles. The van der Waals surface area contributed by atoms with Gasteiger partial charge in [-0.25, -0.2) is 0 Å². The Kier molecular flexibility index (Phi) is 7.21. The van der Waals surface area contributed by atoms with Crippen LogP contribution in [0, 0.1) is 0 Å². The highest BCUT2D eigenvalue weighted by Crippen LogP contribution is 1.97. The molecule has 2 nitrogen and oxygen atoms in total. The molecule has 10 heavy (non-hydrogen) atoms. The third-order valence-corrected chi connectivity index (χ3v) is 1.67. The lowest BCUT2D eigenvalue weighted by Gasteiger charge is -2.29. The average molecular weight is 166 g/mol. The van der Waals surface area contributed by atoms with Gasteiger partial charge in [0.05, 0.1) is 20.1 Å². The van der Waals surface area contributed by atoms with E-state index in [0.717, 1.165) is 13.1 Å². The van der Waals surface area contributed by atoms with Gasteiger partial charge in [0, 0.05) is 0 Å². The summed E-state index contributed by atoms with van der Waals surface area (Å²) in [5.74, 6) is 0. The number of rotatable bonds is 4. The zero-order valence-corrected chi connectivity index (χ0v) is 7.43. The summed E-state index contributed by atoms with van der Waals surface area (Å²) >= 11 is 0. The van der Waals surface area contributed by atoms with Gasteiger partial charge in [-0.2, -0.15) is 0 Å². The average Bonchev–Trinajstić information content (AvgIpc) is 1.89. The Balaban J connectivity index is 0. The van der Waals surface area contributed by atoms with Gasteiger partial charge in [0.15, 0.2) is 6.73 Å². The molecule has 1 N–H and O–H groups in total. The Morgan fingerprint density at radius 3 is 2.20 bits per heavy atom. The summed E-state index contributed by atoms with van der Waals surface area (Å²) in [7, 11) is 2.00. The Hall–Kier alpha value is -0.0500. The van der Waals surface area contributed by atoms with E-state index in [1.54, 1.807) is 0 Å². The van der Waals surface area contributed by atoms with Gasteiger partial charge < -0.3 is 22.0 Å². The van der Waals surface area contributed by atoms with Gasteiger partial charge in [0.25, 0.3) is 0 Å². The van der Waals surface area contributed by atoms with Crippen molar-refractivity contribution in [2.24, 2.45) is 0 Å². The van der Waals surface area contributed by atoms with Crippen LogP contribution in [0.1, 0.15) is 6.92 Å². The van der Waals surface area contributed by atoms with Crippen LogP contribution in [-0.4, -0.2) is 36.5 Å². The van der Waals surface area contributed by atoms with Crippen molar-refractivity contribution in [3.8, 4) is 0 Å². The molecule has 0 heterocycles. The summed E-state index contributed by atoms with van der Waals surface area (Å²) < 4.78 is 0.670. The van der Waals surface area contributed by atoms with Crippen molar-refractivity contribution in [2.75, 3.05) is 26.9 Å². The molecular weight excluding hydrogens is 150 g/mol. The number of likely N-dealkylation sites (N-methyl/N-ethyl adjacent to an activating group) is 1. The van der Waals surface area contributed by atoms with Crippen molar-refractivity contribution in [3.63, 3.8) is 0 Å². The van der Waals surface area contributed by atoms with E-state index in [2.05, 4.69) is 13.5 Å². The highest BCUT2D eigenvalue weighted by Gasteiger charge is 2.13. The second-order valence-corrected chi connectivity index (χ2v) is 2.55. The standard InChI is InChI=1S/C7H16NO.ClH/c1-4-6-8(3,5-2)7-9;/h4,9H,1,5-7H2,2-3H3;1H/q+1;/p-1. The van der Waals surface area contributed by atoms with Crippen LogP contribution in [-0.2, 0) is 0 Å². The van der Waals surface area contributed by atoms with Crippen molar-refractivity contribution >= 4 is 0 Å². The molecule has 3 heteroatoms. The lowest BCUT2D eigenvalue weighted by Crippen LogP contribution is -3.00. The first-order valence-corrected chi connectivity index (χ1v) is 3.24. The summed E-state index contributed by atoms with van der Waals surface area (Å²) in [5.41, 5.74) is 0. The van der Waals surface area contributed by atoms with E-state index >= 15 is 0 Å².